The van der Waals surface area contributed by atoms with E-state index < -0.39 is 0 Å². The molecule has 2 aromatic rings. The van der Waals surface area contributed by atoms with Crippen molar-refractivity contribution >= 4 is 21.7 Å². The molecule has 1 aromatic carbocycles. The average Bonchev–Trinajstić information content (AvgIpc) is 2.22. The Bertz CT molecular complexity index is 592. The molecule has 0 saturated heterocycles. The molecule has 17 heavy (non-hydrogen) atoms. The molecule has 0 aliphatic rings. The van der Waals surface area contributed by atoms with Gasteiger partial charge in [0.05, 0.1) is 6.54 Å². The summed E-state index contributed by atoms with van der Waals surface area (Å²) in [5.74, 6) is -0.119. The Kier molecular flexibility index (Phi) is 3.23. The Morgan fingerprint density at radius 2 is 2.12 bits per heavy atom. The van der Waals surface area contributed by atoms with Crippen molar-refractivity contribution in [3.63, 3.8) is 0 Å². The van der Waals surface area contributed by atoms with Gasteiger partial charge in [-0.1, -0.05) is 15.9 Å². The summed E-state index contributed by atoms with van der Waals surface area (Å²) in [6.07, 6.45) is 0. The Morgan fingerprint density at radius 1 is 1.35 bits per heavy atom. The number of nitrogen functional groups attached to an aromatic ring is 1. The van der Waals surface area contributed by atoms with E-state index in [4.69, 9.17) is 5.73 Å². The smallest absolute Gasteiger partial charge is 0.267 e. The van der Waals surface area contributed by atoms with Crippen molar-refractivity contribution in [3.05, 3.63) is 56.5 Å². The molecular weight excluding hydrogens is 289 g/mol. The van der Waals surface area contributed by atoms with Crippen LogP contribution in [-0.2, 0) is 6.54 Å². The van der Waals surface area contributed by atoms with Crippen LogP contribution in [0.15, 0.2) is 39.6 Å². The fourth-order valence-electron chi connectivity index (χ4n) is 1.45. The van der Waals surface area contributed by atoms with Crippen molar-refractivity contribution in [2.75, 3.05) is 5.73 Å². The van der Waals surface area contributed by atoms with Crippen LogP contribution in [0.25, 0.3) is 0 Å². The van der Waals surface area contributed by atoms with Crippen molar-refractivity contribution in [2.45, 2.75) is 6.54 Å². The zero-order valence-electron chi connectivity index (χ0n) is 8.73. The predicted molar refractivity (Wildman–Crippen MR) is 66.1 cm³/mol. The summed E-state index contributed by atoms with van der Waals surface area (Å²) in [5, 5.41) is 3.87. The second-order valence-electron chi connectivity index (χ2n) is 3.53. The monoisotopic (exact) mass is 297 g/mol. The van der Waals surface area contributed by atoms with Gasteiger partial charge in [-0.25, -0.2) is 9.07 Å². The van der Waals surface area contributed by atoms with Crippen LogP contribution in [0.2, 0.25) is 0 Å². The molecular formula is C11H9BrFN3O. The maximum atomic E-state index is 13.1. The van der Waals surface area contributed by atoms with Gasteiger partial charge < -0.3 is 5.73 Å². The quantitative estimate of drug-likeness (QED) is 0.919. The van der Waals surface area contributed by atoms with Crippen molar-refractivity contribution in [1.82, 2.24) is 9.78 Å². The van der Waals surface area contributed by atoms with E-state index in [2.05, 4.69) is 21.0 Å². The fraction of sp³-hybridized carbons (Fsp3) is 0.0909. The topological polar surface area (TPSA) is 60.9 Å². The number of aromatic nitrogens is 2. The molecule has 2 rings (SSSR count). The summed E-state index contributed by atoms with van der Waals surface area (Å²) in [5.41, 5.74) is 5.84. The van der Waals surface area contributed by atoms with Crippen molar-refractivity contribution in [2.24, 2.45) is 0 Å². The minimum atomic E-state index is -0.369. The third-order valence-corrected chi connectivity index (χ3v) is 2.60. The maximum absolute atomic E-state index is 13.1. The first-order valence-electron chi connectivity index (χ1n) is 4.83. The number of nitrogens with two attached hydrogens (primary N) is 1. The van der Waals surface area contributed by atoms with E-state index in [0.717, 1.165) is 0 Å². The molecule has 0 atom stereocenters. The Balaban J connectivity index is 2.37. The zero-order valence-corrected chi connectivity index (χ0v) is 10.3. The predicted octanol–water partition coefficient (Wildman–Crippen LogP) is 1.78. The van der Waals surface area contributed by atoms with Gasteiger partial charge in [0.2, 0.25) is 0 Å². The van der Waals surface area contributed by atoms with Crippen LogP contribution in [-0.4, -0.2) is 9.78 Å². The van der Waals surface area contributed by atoms with E-state index in [9.17, 15) is 9.18 Å². The van der Waals surface area contributed by atoms with Gasteiger partial charge in [-0.05, 0) is 29.8 Å². The SMILES string of the molecule is Nc1ccc(=O)n(Cc2cc(F)cc(Br)c2)n1. The lowest BCUT2D eigenvalue weighted by Gasteiger charge is -2.05. The van der Waals surface area contributed by atoms with Gasteiger partial charge in [-0.15, -0.1) is 0 Å². The van der Waals surface area contributed by atoms with E-state index in [-0.39, 0.29) is 23.7 Å². The number of benzene rings is 1. The van der Waals surface area contributed by atoms with Crippen molar-refractivity contribution in [1.29, 1.82) is 0 Å². The molecule has 0 radical (unpaired) electrons. The molecule has 0 spiro atoms. The molecule has 4 nitrogen and oxygen atoms in total. The Hall–Kier alpha value is -1.69. The van der Waals surface area contributed by atoms with E-state index in [0.29, 0.717) is 10.0 Å². The number of hydrogen-bond acceptors (Lipinski definition) is 3. The maximum Gasteiger partial charge on any atom is 0.267 e. The van der Waals surface area contributed by atoms with Crippen LogP contribution in [0, 0.1) is 5.82 Å². The molecule has 0 unspecified atom stereocenters. The van der Waals surface area contributed by atoms with Gasteiger partial charge in [0, 0.05) is 10.5 Å². The minimum Gasteiger partial charge on any atom is -0.382 e. The summed E-state index contributed by atoms with van der Waals surface area (Å²) in [6.45, 7) is 0.181. The van der Waals surface area contributed by atoms with Crippen LogP contribution >= 0.6 is 15.9 Å². The second kappa shape index (κ2) is 4.67. The van der Waals surface area contributed by atoms with Crippen LogP contribution in [0.4, 0.5) is 10.2 Å². The number of hydrogen-bond donors (Lipinski definition) is 1. The van der Waals surface area contributed by atoms with Gasteiger partial charge in [-0.2, -0.15) is 5.10 Å². The lowest BCUT2D eigenvalue weighted by molar-refractivity contribution is 0.611. The van der Waals surface area contributed by atoms with Crippen LogP contribution in [0.5, 0.6) is 0 Å². The Morgan fingerprint density at radius 3 is 2.82 bits per heavy atom. The molecule has 2 N–H and O–H groups in total. The number of rotatable bonds is 2. The highest BCUT2D eigenvalue weighted by Crippen LogP contribution is 2.15. The second-order valence-corrected chi connectivity index (χ2v) is 4.45. The highest BCUT2D eigenvalue weighted by atomic mass is 79.9. The summed E-state index contributed by atoms with van der Waals surface area (Å²) in [4.78, 5) is 11.5. The lowest BCUT2D eigenvalue weighted by atomic mass is 10.2. The highest BCUT2D eigenvalue weighted by molar-refractivity contribution is 9.10. The van der Waals surface area contributed by atoms with Crippen LogP contribution < -0.4 is 11.3 Å². The first kappa shape index (κ1) is 11.8. The first-order chi connectivity index (χ1) is 8.04. The van der Waals surface area contributed by atoms with Gasteiger partial charge >= 0.3 is 0 Å². The average molecular weight is 298 g/mol. The largest absolute Gasteiger partial charge is 0.382 e. The van der Waals surface area contributed by atoms with Gasteiger partial charge in [0.1, 0.15) is 11.6 Å². The molecule has 6 heteroatoms. The van der Waals surface area contributed by atoms with Crippen molar-refractivity contribution in [3.8, 4) is 0 Å². The van der Waals surface area contributed by atoms with E-state index in [1.54, 1.807) is 6.07 Å². The molecule has 0 saturated carbocycles. The van der Waals surface area contributed by atoms with E-state index >= 15 is 0 Å². The summed E-state index contributed by atoms with van der Waals surface area (Å²) >= 11 is 3.19. The van der Waals surface area contributed by atoms with Gasteiger partial charge in [0.25, 0.3) is 5.56 Å². The minimum absolute atomic E-state index is 0.181. The van der Waals surface area contributed by atoms with Crippen LogP contribution in [0.1, 0.15) is 5.56 Å². The lowest BCUT2D eigenvalue weighted by Crippen LogP contribution is -2.23. The molecule has 0 aliphatic heterocycles. The van der Waals surface area contributed by atoms with Gasteiger partial charge in [-0.3, -0.25) is 4.79 Å². The fourth-order valence-corrected chi connectivity index (χ4v) is 1.97. The molecule has 88 valence electrons. The molecule has 0 amide bonds. The standard InChI is InChI=1S/C11H9BrFN3O/c12-8-3-7(4-9(13)5-8)6-16-11(17)2-1-10(14)15-16/h1-5H,6H2,(H2,14,15). The van der Waals surface area contributed by atoms with Crippen LogP contribution in [0.3, 0.4) is 0 Å². The third kappa shape index (κ3) is 2.91. The third-order valence-electron chi connectivity index (χ3n) is 2.14. The molecule has 1 heterocycles. The summed E-state index contributed by atoms with van der Waals surface area (Å²) in [7, 11) is 0. The van der Waals surface area contributed by atoms with Gasteiger partial charge in [0.15, 0.2) is 0 Å². The molecule has 1 aromatic heterocycles. The summed E-state index contributed by atoms with van der Waals surface area (Å²) in [6, 6.07) is 7.18. The Labute approximate surface area is 105 Å². The normalized spacial score (nSPS) is 10.5. The van der Waals surface area contributed by atoms with Crippen molar-refractivity contribution < 1.29 is 4.39 Å². The number of halogens is 2. The zero-order chi connectivity index (χ0) is 12.4. The van der Waals surface area contributed by atoms with E-state index in [1.165, 1.54) is 28.9 Å². The highest BCUT2D eigenvalue weighted by Gasteiger charge is 2.03. The molecule has 0 bridgehead atoms. The van der Waals surface area contributed by atoms with E-state index in [1.807, 2.05) is 0 Å². The number of nitrogens with zero attached hydrogens (tertiary/aromatic N) is 2. The molecule has 0 aliphatic carbocycles. The number of anilines is 1. The summed E-state index contributed by atoms with van der Waals surface area (Å²) < 4.78 is 15.0. The first-order valence-corrected chi connectivity index (χ1v) is 5.62. The molecule has 0 fully saturated rings.